The summed E-state index contributed by atoms with van der Waals surface area (Å²) in [5, 5.41) is 32.5. The molecule has 38 heteroatoms. The van der Waals surface area contributed by atoms with Crippen molar-refractivity contribution in [2.75, 3.05) is 39.3 Å². The van der Waals surface area contributed by atoms with Crippen molar-refractivity contribution >= 4 is 93.7 Å². The highest BCUT2D eigenvalue weighted by Crippen LogP contribution is 2.25. The van der Waals surface area contributed by atoms with Crippen LogP contribution in [0.1, 0.15) is 199 Å². The second kappa shape index (κ2) is 56.0. The lowest BCUT2D eigenvalue weighted by Crippen LogP contribution is -2.62. The van der Waals surface area contributed by atoms with Crippen LogP contribution in [0.5, 0.6) is 0 Å². The number of likely N-dealkylation sites (tertiary alicyclic amines) is 1. The van der Waals surface area contributed by atoms with E-state index in [4.69, 9.17) is 40.1 Å². The number of hydrazine groups is 1. The molecule has 1 aliphatic heterocycles. The fourth-order valence-corrected chi connectivity index (χ4v) is 15.1. The molecule has 0 saturated carbocycles. The molecule has 3 heterocycles. The number of fused-ring (bicyclic) bond motifs is 1. The maximum atomic E-state index is 15.2. The Bertz CT molecular complexity index is 4330. The second-order valence-corrected chi connectivity index (χ2v) is 34.1. The summed E-state index contributed by atoms with van der Waals surface area (Å²) in [6.07, 6.45) is 10.5. The number of urea groups is 1. The van der Waals surface area contributed by atoms with Crippen molar-refractivity contribution in [2.45, 2.75) is 281 Å². The number of nitrogens with one attached hydrogen (secondary N) is 14. The predicted molar refractivity (Wildman–Crippen MR) is 487 cm³/mol. The molecule has 0 bridgehead atoms. The van der Waals surface area contributed by atoms with Crippen molar-refractivity contribution in [2.24, 2.45) is 57.9 Å². The molecular formula is C90H142N24O14. The van der Waals surface area contributed by atoms with Crippen LogP contribution in [0.4, 0.5) is 4.79 Å². The lowest BCUT2D eigenvalue weighted by molar-refractivity contribution is -0.143. The van der Waals surface area contributed by atoms with Gasteiger partial charge in [0.05, 0.1) is 18.9 Å². The molecular weight excluding hydrogens is 1640 g/mol. The van der Waals surface area contributed by atoms with Crippen LogP contribution >= 0.6 is 0 Å². The van der Waals surface area contributed by atoms with E-state index in [0.717, 1.165) is 27.0 Å². The highest BCUT2D eigenvalue weighted by Gasteiger charge is 2.43. The summed E-state index contributed by atoms with van der Waals surface area (Å²) in [5.41, 5.74) is 47.6. The minimum Gasteiger partial charge on any atom is -0.368 e. The Kier molecular flexibility index (Phi) is 46.1. The van der Waals surface area contributed by atoms with Crippen molar-refractivity contribution in [3.05, 3.63) is 126 Å². The van der Waals surface area contributed by atoms with E-state index >= 15 is 19.2 Å². The van der Waals surface area contributed by atoms with Crippen molar-refractivity contribution in [3.8, 4) is 0 Å². The van der Waals surface area contributed by atoms with Crippen LogP contribution in [-0.2, 0) is 88.1 Å². The molecule has 1 fully saturated rings. The topological polar surface area (TPSA) is 616 Å². The second-order valence-electron chi connectivity index (χ2n) is 34.1. The molecule has 1 saturated heterocycles. The Labute approximate surface area is 750 Å². The molecule has 0 spiro atoms. The summed E-state index contributed by atoms with van der Waals surface area (Å²) >= 11 is 0. The number of unbranched alkanes of at least 4 members (excludes halogenated alkanes) is 5. The molecule has 128 heavy (non-hydrogen) atoms. The van der Waals surface area contributed by atoms with Gasteiger partial charge in [0.25, 0.3) is 5.91 Å². The Morgan fingerprint density at radius 1 is 0.461 bits per heavy atom. The number of benzene rings is 3. The van der Waals surface area contributed by atoms with E-state index in [9.17, 15) is 47.9 Å². The SMILES string of the molecule is CC[C@H](C)[C@H](NC(=O)[C@H](CCCCN)NC(=O)[C@H](CCCCN)NC(=O)[C@@H](N)Cc1c[nH]c2ccccc12)C(=O)N1CCC[C@H]1C(=O)N[C@@H](CCCCN)C(=O)NN(Cc1ccccc1)C(=O)N[C@@H](CC(C)C)C(=O)N[C@@H](Cc1cnc[nH]1)C(=O)N[C@@H](CC(C)C)C(=O)N[C@@H](C)C(=O)N[C@@H](CCCCN)C(=O)N[C@@H](CCCCN)C(=O)N[C@@H](Cc1ccccc1)C(N)=O. The van der Waals surface area contributed by atoms with Gasteiger partial charge in [0.15, 0.2) is 0 Å². The third-order valence-electron chi connectivity index (χ3n) is 22.6. The van der Waals surface area contributed by atoms with Crippen LogP contribution < -0.4 is 104 Å². The average Bonchev–Trinajstić information content (AvgIpc) is 1.65. The zero-order valence-electron chi connectivity index (χ0n) is 75.4. The van der Waals surface area contributed by atoms with E-state index in [1.165, 1.54) is 24.3 Å². The fourth-order valence-electron chi connectivity index (χ4n) is 15.1. The molecule has 6 rings (SSSR count). The van der Waals surface area contributed by atoms with Crippen molar-refractivity contribution in [3.63, 3.8) is 0 Å². The Balaban J connectivity index is 1.18. The van der Waals surface area contributed by atoms with Crippen LogP contribution in [0.15, 0.2) is 104 Å². The smallest absolute Gasteiger partial charge is 0.337 e. The summed E-state index contributed by atoms with van der Waals surface area (Å²) < 4.78 is 0. The Morgan fingerprint density at radius 3 is 1.40 bits per heavy atom. The Morgan fingerprint density at radius 2 is 0.898 bits per heavy atom. The summed E-state index contributed by atoms with van der Waals surface area (Å²) in [5.74, 6) is -10.6. The van der Waals surface area contributed by atoms with Gasteiger partial charge < -0.3 is 113 Å². The highest BCUT2D eigenvalue weighted by molar-refractivity contribution is 6.00. The number of aromatic nitrogens is 3. The van der Waals surface area contributed by atoms with Crippen molar-refractivity contribution in [1.82, 2.24) is 88.8 Å². The molecule has 0 radical (unpaired) electrons. The van der Waals surface area contributed by atoms with Gasteiger partial charge >= 0.3 is 6.03 Å². The predicted octanol–water partition coefficient (Wildman–Crippen LogP) is 0.985. The quantitative estimate of drug-likeness (QED) is 0.0191. The third kappa shape index (κ3) is 35.3. The fraction of sp³-hybridized carbons (Fsp3) is 0.589. The lowest BCUT2D eigenvalue weighted by Gasteiger charge is -2.33. The number of hydrogen-bond acceptors (Lipinski definition) is 21. The summed E-state index contributed by atoms with van der Waals surface area (Å²) in [4.78, 5) is 214. The van der Waals surface area contributed by atoms with Gasteiger partial charge in [0.1, 0.15) is 72.5 Å². The van der Waals surface area contributed by atoms with Crippen molar-refractivity contribution in [1.29, 1.82) is 0 Å². The number of amides is 15. The molecule has 1 aliphatic rings. The molecule has 38 nitrogen and oxygen atoms in total. The third-order valence-corrected chi connectivity index (χ3v) is 22.6. The van der Waals surface area contributed by atoms with Crippen LogP contribution in [-0.4, -0.2) is 225 Å². The van der Waals surface area contributed by atoms with Crippen LogP contribution in [0, 0.1) is 17.8 Å². The largest absolute Gasteiger partial charge is 0.368 e. The first-order valence-corrected chi connectivity index (χ1v) is 45.2. The van der Waals surface area contributed by atoms with E-state index in [1.807, 2.05) is 31.2 Å². The van der Waals surface area contributed by atoms with Crippen LogP contribution in [0.3, 0.4) is 0 Å². The van der Waals surface area contributed by atoms with Gasteiger partial charge in [0.2, 0.25) is 70.9 Å². The number of rotatable bonds is 58. The number of primary amides is 1. The van der Waals surface area contributed by atoms with Gasteiger partial charge in [-0.3, -0.25) is 67.8 Å². The zero-order chi connectivity index (χ0) is 93.8. The first-order chi connectivity index (χ1) is 61.3. The summed E-state index contributed by atoms with van der Waals surface area (Å²) in [7, 11) is 0. The molecule has 2 aromatic heterocycles. The minimum atomic E-state index is -1.46. The number of imidazole rings is 1. The average molecular weight is 1780 g/mol. The van der Waals surface area contributed by atoms with E-state index < -0.39 is 167 Å². The number of nitrogens with zero attached hydrogens (tertiary/aromatic N) is 3. The van der Waals surface area contributed by atoms with Gasteiger partial charge in [-0.25, -0.2) is 14.8 Å². The number of carbonyl (C=O) groups excluding carboxylic acids is 14. The van der Waals surface area contributed by atoms with Gasteiger partial charge in [0, 0.05) is 48.4 Å². The number of hydrogen-bond donors (Lipinski definition) is 21. The monoisotopic (exact) mass is 1780 g/mol. The number of aromatic amines is 2. The number of para-hydroxylation sites is 1. The van der Waals surface area contributed by atoms with E-state index in [-0.39, 0.29) is 109 Å². The van der Waals surface area contributed by atoms with Crippen molar-refractivity contribution < 1.29 is 67.1 Å². The molecule has 706 valence electrons. The maximum Gasteiger partial charge on any atom is 0.337 e. The zero-order valence-corrected chi connectivity index (χ0v) is 75.4. The Hall–Kier alpha value is -11.4. The lowest BCUT2D eigenvalue weighted by atomic mass is 9.96. The van der Waals surface area contributed by atoms with E-state index in [2.05, 4.69) is 78.9 Å². The van der Waals surface area contributed by atoms with Crippen LogP contribution in [0.2, 0.25) is 0 Å². The standard InChI is InChI=1S/C90H142N24O14/c1-8-57(6)76(111-83(121)69(37-20-25-43-94)105-81(119)67(35-18-23-41-92)103-79(117)64(96)49-61-51-99-65-33-16-15-32-63(61)65)89(127)113-45-27-39-75(113)88(126)106-70(38-21-26-44-95)87(125)112-114(53-60-30-13-10-14-31-60)90(128)110-73(47-56(4)5)85(123)109-74(50-62-52-98-54-100-62)86(124)108-72(46-55(2)3)84(122)101-58(7)78(116)102-66(34-17-22-40-91)80(118)104-68(36-19-24-42-93)82(120)107-71(77(97)115)48-59-28-11-9-12-29-59/h9-16,28-33,51-52,54-58,64,66-76,99H,8,17-27,34-50,53,91-96H2,1-7H3,(H2,97,115)(H,98,100)(H,101,122)(H,102,116)(H,103,117)(H,104,118)(H,105,119)(H,106,126)(H,107,120)(H,108,124)(H,109,123)(H,110,128)(H,111,121)(H,112,125)/t57-,58-,64-,66-,67-,68-,69-,70-,71-,72-,73-,74-,75-,76-/m0/s1. The highest BCUT2D eigenvalue weighted by atomic mass is 16.2. The number of carbonyl (C=O) groups is 14. The molecule has 15 amide bonds. The van der Waals surface area contributed by atoms with Gasteiger partial charge in [-0.15, -0.1) is 0 Å². The van der Waals surface area contributed by atoms with E-state index in [0.29, 0.717) is 108 Å². The summed E-state index contributed by atoms with van der Waals surface area (Å²) in [6.45, 7) is 13.4. The van der Waals surface area contributed by atoms with E-state index in [1.54, 1.807) is 101 Å². The molecule has 0 unspecified atom stereocenters. The number of H-pyrrole nitrogens is 2. The normalized spacial score (nSPS) is 15.6. The molecule has 3 aromatic carbocycles. The maximum absolute atomic E-state index is 15.2. The molecule has 5 aromatic rings. The first-order valence-electron chi connectivity index (χ1n) is 45.2. The first kappa shape index (κ1) is 105. The van der Waals surface area contributed by atoms with Gasteiger partial charge in [-0.05, 0) is 209 Å². The molecule has 0 aliphatic carbocycles. The molecule has 14 atom stereocenters. The van der Waals surface area contributed by atoms with Gasteiger partial charge in [-0.2, -0.15) is 0 Å². The summed E-state index contributed by atoms with van der Waals surface area (Å²) in [6, 6.07) is 7.97. The minimum absolute atomic E-state index is 0.0120. The number of nitrogens with two attached hydrogens (primary N) is 7. The van der Waals surface area contributed by atoms with Crippen LogP contribution in [0.25, 0.3) is 10.9 Å². The van der Waals surface area contributed by atoms with Gasteiger partial charge in [-0.1, -0.05) is 127 Å². The molecule has 28 N–H and O–H groups in total.